The van der Waals surface area contributed by atoms with E-state index in [-0.39, 0.29) is 11.8 Å². The molecule has 1 rings (SSSR count). The summed E-state index contributed by atoms with van der Waals surface area (Å²) in [6.07, 6.45) is 0.780. The molecule has 3 N–H and O–H groups in total. The van der Waals surface area contributed by atoms with Gasteiger partial charge >= 0.3 is 5.97 Å². The van der Waals surface area contributed by atoms with E-state index in [2.05, 4.69) is 10.6 Å². The summed E-state index contributed by atoms with van der Waals surface area (Å²) in [6, 6.07) is -0.833. The van der Waals surface area contributed by atoms with Crippen LogP contribution in [0, 0.1) is 11.3 Å². The van der Waals surface area contributed by atoms with Crippen LogP contribution < -0.4 is 10.6 Å². The molecule has 1 unspecified atom stereocenters. The smallest absolute Gasteiger partial charge is 0.326 e. The molecular weight excluding hydrogens is 208 g/mol. The number of aliphatic carboxylic acids is 1. The molecule has 0 aliphatic carbocycles. The number of carbonyl (C=O) groups excluding carboxylic acids is 1. The summed E-state index contributed by atoms with van der Waals surface area (Å²) in [5, 5.41) is 14.8. The molecule has 0 aromatic rings. The van der Waals surface area contributed by atoms with Gasteiger partial charge in [-0.15, -0.1) is 0 Å². The summed E-state index contributed by atoms with van der Waals surface area (Å²) in [4.78, 5) is 22.9. The number of carbonyl (C=O) groups is 2. The fourth-order valence-electron chi connectivity index (χ4n) is 1.79. The molecule has 1 fully saturated rings. The third-order valence-electron chi connectivity index (χ3n) is 2.83. The van der Waals surface area contributed by atoms with E-state index in [1.807, 2.05) is 0 Å². The summed E-state index contributed by atoms with van der Waals surface area (Å²) in [5.74, 6) is -1.23. The van der Waals surface area contributed by atoms with Crippen molar-refractivity contribution in [3.8, 4) is 0 Å². The highest BCUT2D eigenvalue weighted by atomic mass is 16.4. The molecule has 16 heavy (non-hydrogen) atoms. The molecule has 0 aromatic heterocycles. The van der Waals surface area contributed by atoms with Crippen LogP contribution in [0.2, 0.25) is 0 Å². The van der Waals surface area contributed by atoms with Crippen molar-refractivity contribution in [1.29, 1.82) is 0 Å². The maximum Gasteiger partial charge on any atom is 0.326 e. The molecule has 92 valence electrons. The van der Waals surface area contributed by atoms with Crippen molar-refractivity contribution in [1.82, 2.24) is 10.6 Å². The second-order valence-electron chi connectivity index (χ2n) is 5.34. The zero-order chi connectivity index (χ0) is 12.3. The molecule has 5 heteroatoms. The van der Waals surface area contributed by atoms with Gasteiger partial charge in [-0.05, 0) is 18.4 Å². The molecule has 1 aliphatic heterocycles. The Kier molecular flexibility index (Phi) is 3.91. The van der Waals surface area contributed by atoms with Crippen LogP contribution in [0.1, 0.15) is 27.2 Å². The van der Waals surface area contributed by atoms with Gasteiger partial charge in [0.25, 0.3) is 0 Å². The lowest BCUT2D eigenvalue weighted by Crippen LogP contribution is -2.51. The van der Waals surface area contributed by atoms with Gasteiger partial charge in [-0.2, -0.15) is 0 Å². The Labute approximate surface area is 95.6 Å². The Morgan fingerprint density at radius 2 is 2.06 bits per heavy atom. The van der Waals surface area contributed by atoms with E-state index in [0.29, 0.717) is 6.54 Å². The quantitative estimate of drug-likeness (QED) is 0.645. The van der Waals surface area contributed by atoms with Crippen molar-refractivity contribution in [3.63, 3.8) is 0 Å². The minimum atomic E-state index is -0.980. The molecule has 2 atom stereocenters. The molecule has 0 bridgehead atoms. The molecule has 0 saturated carbocycles. The van der Waals surface area contributed by atoms with Crippen molar-refractivity contribution in [3.05, 3.63) is 0 Å². The first kappa shape index (κ1) is 13.0. The largest absolute Gasteiger partial charge is 0.480 e. The third-order valence-corrected chi connectivity index (χ3v) is 2.83. The predicted octanol–water partition coefficient (Wildman–Crippen LogP) is 0.211. The van der Waals surface area contributed by atoms with Gasteiger partial charge < -0.3 is 15.7 Å². The van der Waals surface area contributed by atoms with Crippen molar-refractivity contribution < 1.29 is 14.7 Å². The number of rotatable bonds is 3. The standard InChI is InChI=1S/C11H20N2O3/c1-11(2,3)8(10(15)16)13-9(14)7-4-5-12-6-7/h7-8,12H,4-6H2,1-3H3,(H,13,14)(H,15,16)/t7?,8-/m1/s1. The van der Waals surface area contributed by atoms with E-state index >= 15 is 0 Å². The van der Waals surface area contributed by atoms with Crippen molar-refractivity contribution >= 4 is 11.9 Å². The van der Waals surface area contributed by atoms with Crippen LogP contribution in [0.15, 0.2) is 0 Å². The number of hydrogen-bond acceptors (Lipinski definition) is 3. The van der Waals surface area contributed by atoms with Gasteiger partial charge in [0.15, 0.2) is 0 Å². The molecule has 1 saturated heterocycles. The van der Waals surface area contributed by atoms with Gasteiger partial charge in [0.1, 0.15) is 6.04 Å². The molecule has 0 radical (unpaired) electrons. The number of nitrogens with one attached hydrogen (secondary N) is 2. The van der Waals surface area contributed by atoms with Crippen molar-refractivity contribution in [2.45, 2.75) is 33.2 Å². The maximum absolute atomic E-state index is 11.8. The van der Waals surface area contributed by atoms with E-state index in [0.717, 1.165) is 13.0 Å². The topological polar surface area (TPSA) is 78.4 Å². The van der Waals surface area contributed by atoms with E-state index in [4.69, 9.17) is 5.11 Å². The average Bonchev–Trinajstić information content (AvgIpc) is 2.63. The molecule has 1 aliphatic rings. The molecule has 1 amide bonds. The van der Waals surface area contributed by atoms with Gasteiger partial charge in [0, 0.05) is 6.54 Å². The Morgan fingerprint density at radius 1 is 1.44 bits per heavy atom. The SMILES string of the molecule is CC(C)(C)[C@H](NC(=O)C1CCNC1)C(=O)O. The second-order valence-corrected chi connectivity index (χ2v) is 5.34. The second kappa shape index (κ2) is 4.82. The zero-order valence-electron chi connectivity index (χ0n) is 10.0. The monoisotopic (exact) mass is 228 g/mol. The maximum atomic E-state index is 11.8. The van der Waals surface area contributed by atoms with E-state index in [9.17, 15) is 9.59 Å². The van der Waals surface area contributed by atoms with Crippen LogP contribution in [-0.2, 0) is 9.59 Å². The molecule has 0 spiro atoms. The molecule has 1 heterocycles. The highest BCUT2D eigenvalue weighted by molar-refractivity contribution is 5.85. The van der Waals surface area contributed by atoms with Crippen LogP contribution in [-0.4, -0.2) is 36.1 Å². The number of carboxylic acids is 1. The summed E-state index contributed by atoms with van der Waals surface area (Å²) in [7, 11) is 0. The Morgan fingerprint density at radius 3 is 2.44 bits per heavy atom. The van der Waals surface area contributed by atoms with Gasteiger partial charge in [0.05, 0.1) is 5.92 Å². The summed E-state index contributed by atoms with van der Waals surface area (Å²) in [5.41, 5.74) is -0.479. The van der Waals surface area contributed by atoms with Crippen LogP contribution in [0.5, 0.6) is 0 Å². The minimum Gasteiger partial charge on any atom is -0.480 e. The average molecular weight is 228 g/mol. The van der Waals surface area contributed by atoms with E-state index < -0.39 is 17.4 Å². The highest BCUT2D eigenvalue weighted by Gasteiger charge is 2.34. The summed E-state index contributed by atoms with van der Waals surface area (Å²) < 4.78 is 0. The summed E-state index contributed by atoms with van der Waals surface area (Å²) >= 11 is 0. The normalized spacial score (nSPS) is 22.8. The molecule has 0 aromatic carbocycles. The van der Waals surface area contributed by atoms with Gasteiger partial charge in [-0.3, -0.25) is 4.79 Å². The van der Waals surface area contributed by atoms with Gasteiger partial charge in [-0.25, -0.2) is 4.79 Å². The predicted molar refractivity (Wildman–Crippen MR) is 60.0 cm³/mol. The Hall–Kier alpha value is -1.10. The van der Waals surface area contributed by atoms with Crippen LogP contribution in [0.3, 0.4) is 0 Å². The summed E-state index contributed by atoms with van der Waals surface area (Å²) in [6.45, 7) is 6.88. The molecule has 5 nitrogen and oxygen atoms in total. The minimum absolute atomic E-state index is 0.0933. The zero-order valence-corrected chi connectivity index (χ0v) is 10.0. The van der Waals surface area contributed by atoms with Crippen LogP contribution >= 0.6 is 0 Å². The van der Waals surface area contributed by atoms with Crippen molar-refractivity contribution in [2.24, 2.45) is 11.3 Å². The Bertz CT molecular complexity index is 277. The highest BCUT2D eigenvalue weighted by Crippen LogP contribution is 2.20. The number of amides is 1. The first-order chi connectivity index (χ1) is 7.32. The van der Waals surface area contributed by atoms with E-state index in [1.165, 1.54) is 0 Å². The molecular formula is C11H20N2O3. The van der Waals surface area contributed by atoms with E-state index in [1.54, 1.807) is 20.8 Å². The lowest BCUT2D eigenvalue weighted by atomic mass is 9.86. The van der Waals surface area contributed by atoms with Gasteiger partial charge in [-0.1, -0.05) is 20.8 Å². The van der Waals surface area contributed by atoms with Crippen LogP contribution in [0.4, 0.5) is 0 Å². The van der Waals surface area contributed by atoms with Crippen molar-refractivity contribution in [2.75, 3.05) is 13.1 Å². The van der Waals surface area contributed by atoms with Crippen LogP contribution in [0.25, 0.3) is 0 Å². The lowest BCUT2D eigenvalue weighted by Gasteiger charge is -2.28. The lowest BCUT2D eigenvalue weighted by molar-refractivity contribution is -0.145. The fourth-order valence-corrected chi connectivity index (χ4v) is 1.79. The Balaban J connectivity index is 2.61. The first-order valence-electron chi connectivity index (χ1n) is 5.56. The number of carboxylic acid groups (broad SMARTS) is 1. The fraction of sp³-hybridized carbons (Fsp3) is 0.818. The van der Waals surface area contributed by atoms with Gasteiger partial charge in [0.2, 0.25) is 5.91 Å². The number of hydrogen-bond donors (Lipinski definition) is 3. The third kappa shape index (κ3) is 3.20. The first-order valence-corrected chi connectivity index (χ1v) is 5.56.